The molecule has 1 heterocycles. The molecule has 0 fully saturated rings. The van der Waals surface area contributed by atoms with Crippen molar-refractivity contribution in [2.24, 2.45) is 0 Å². The van der Waals surface area contributed by atoms with Crippen LogP contribution in [0.1, 0.15) is 12.5 Å². The van der Waals surface area contributed by atoms with Crippen LogP contribution in [0.2, 0.25) is 5.02 Å². The van der Waals surface area contributed by atoms with Gasteiger partial charge in [-0.15, -0.1) is 0 Å². The van der Waals surface area contributed by atoms with Crippen molar-refractivity contribution in [3.05, 3.63) is 83.4 Å². The Morgan fingerprint density at radius 3 is 1.80 bits per heavy atom. The van der Waals surface area contributed by atoms with Gasteiger partial charge in [-0.3, -0.25) is 0 Å². The lowest BCUT2D eigenvalue weighted by molar-refractivity contribution is 0.414. The van der Waals surface area contributed by atoms with Gasteiger partial charge in [0.1, 0.15) is 11.5 Å². The molecule has 4 nitrogen and oxygen atoms in total. The molecular weight excluding hydrogens is 396 g/mol. The van der Waals surface area contributed by atoms with Crippen molar-refractivity contribution in [1.29, 1.82) is 0 Å². The van der Waals surface area contributed by atoms with Crippen LogP contribution in [-0.2, 0) is 6.42 Å². The van der Waals surface area contributed by atoms with Gasteiger partial charge in [-0.05, 0) is 79.2 Å². The lowest BCUT2D eigenvalue weighted by Crippen LogP contribution is -2.00. The number of halogens is 1. The Morgan fingerprint density at radius 1 is 0.767 bits per heavy atom. The second kappa shape index (κ2) is 8.64. The number of rotatable bonds is 6. The molecule has 3 aromatic carbocycles. The highest BCUT2D eigenvalue weighted by Gasteiger charge is 2.20. The van der Waals surface area contributed by atoms with Crippen LogP contribution in [0.4, 0.5) is 0 Å². The predicted octanol–water partition coefficient (Wildman–Crippen LogP) is 6.44. The average molecular weight is 419 g/mol. The van der Waals surface area contributed by atoms with Crippen molar-refractivity contribution in [1.82, 2.24) is 9.78 Å². The Morgan fingerprint density at radius 2 is 1.30 bits per heavy atom. The molecule has 0 amide bonds. The molecule has 0 saturated carbocycles. The molecule has 0 spiro atoms. The Bertz CT molecular complexity index is 1130. The zero-order chi connectivity index (χ0) is 21.1. The fourth-order valence-corrected chi connectivity index (χ4v) is 3.71. The second-order valence-corrected chi connectivity index (χ2v) is 7.31. The minimum Gasteiger partial charge on any atom is -0.497 e. The van der Waals surface area contributed by atoms with E-state index in [1.54, 1.807) is 14.2 Å². The summed E-state index contributed by atoms with van der Waals surface area (Å²) >= 11 is 6.12. The van der Waals surface area contributed by atoms with E-state index in [1.165, 1.54) is 5.56 Å². The molecule has 0 aliphatic heterocycles. The first-order valence-electron chi connectivity index (χ1n) is 9.81. The smallest absolute Gasteiger partial charge is 0.118 e. The van der Waals surface area contributed by atoms with E-state index in [2.05, 4.69) is 19.1 Å². The Kier molecular flexibility index (Phi) is 5.77. The highest BCUT2D eigenvalue weighted by molar-refractivity contribution is 6.30. The maximum Gasteiger partial charge on any atom is 0.118 e. The fourth-order valence-electron chi connectivity index (χ4n) is 3.58. The van der Waals surface area contributed by atoms with Gasteiger partial charge in [-0.25, -0.2) is 4.68 Å². The first-order valence-corrected chi connectivity index (χ1v) is 10.2. The van der Waals surface area contributed by atoms with Crippen molar-refractivity contribution in [3.8, 4) is 39.7 Å². The number of hydrogen-bond donors (Lipinski definition) is 0. The lowest BCUT2D eigenvalue weighted by atomic mass is 9.99. The van der Waals surface area contributed by atoms with Gasteiger partial charge in [-0.2, -0.15) is 5.10 Å². The first-order chi connectivity index (χ1) is 14.6. The molecule has 30 heavy (non-hydrogen) atoms. The third-order valence-corrected chi connectivity index (χ3v) is 5.39. The number of hydrogen-bond acceptors (Lipinski definition) is 3. The summed E-state index contributed by atoms with van der Waals surface area (Å²) in [6.07, 6.45) is 0.844. The molecule has 4 aromatic rings. The zero-order valence-electron chi connectivity index (χ0n) is 17.2. The molecule has 0 saturated heterocycles. The molecule has 0 radical (unpaired) electrons. The monoisotopic (exact) mass is 418 g/mol. The number of benzene rings is 3. The lowest BCUT2D eigenvalue weighted by Gasteiger charge is -2.10. The van der Waals surface area contributed by atoms with Crippen LogP contribution in [0.15, 0.2) is 72.8 Å². The Balaban J connectivity index is 1.94. The summed E-state index contributed by atoms with van der Waals surface area (Å²) in [6.45, 7) is 2.16. The van der Waals surface area contributed by atoms with Crippen LogP contribution < -0.4 is 9.47 Å². The molecule has 0 bridgehead atoms. The van der Waals surface area contributed by atoms with Crippen molar-refractivity contribution in [3.63, 3.8) is 0 Å². The quantitative estimate of drug-likeness (QED) is 0.361. The van der Waals surface area contributed by atoms with Crippen LogP contribution in [-0.4, -0.2) is 24.0 Å². The molecular formula is C25H23ClN2O2. The van der Waals surface area contributed by atoms with Crippen molar-refractivity contribution < 1.29 is 9.47 Å². The summed E-state index contributed by atoms with van der Waals surface area (Å²) < 4.78 is 12.6. The van der Waals surface area contributed by atoms with Crippen LogP contribution >= 0.6 is 11.6 Å². The molecule has 0 N–H and O–H groups in total. The van der Waals surface area contributed by atoms with Gasteiger partial charge < -0.3 is 9.47 Å². The molecule has 152 valence electrons. The fraction of sp³-hybridized carbons (Fsp3) is 0.160. The standard InChI is InChI=1S/C25H23ClN2O2/c1-4-23-24(17-5-13-21(29-2)14-6-17)27-28(20-11-9-19(26)10-12-20)25(23)18-7-15-22(30-3)16-8-18/h5-16H,4H2,1-3H3. The van der Waals surface area contributed by atoms with E-state index in [4.69, 9.17) is 26.2 Å². The molecule has 1 aromatic heterocycles. The van der Waals surface area contributed by atoms with E-state index in [-0.39, 0.29) is 0 Å². The van der Waals surface area contributed by atoms with Gasteiger partial charge in [0, 0.05) is 21.7 Å². The van der Waals surface area contributed by atoms with E-state index in [0.717, 1.165) is 46.1 Å². The van der Waals surface area contributed by atoms with E-state index in [0.29, 0.717) is 5.02 Å². The van der Waals surface area contributed by atoms with Gasteiger partial charge in [0.05, 0.1) is 31.3 Å². The van der Waals surface area contributed by atoms with E-state index >= 15 is 0 Å². The average Bonchev–Trinajstić information content (AvgIpc) is 3.19. The Hall–Kier alpha value is -3.24. The molecule has 5 heteroatoms. The molecule has 0 unspecified atom stereocenters. The molecule has 0 aliphatic carbocycles. The van der Waals surface area contributed by atoms with Crippen LogP contribution in [0.5, 0.6) is 11.5 Å². The van der Waals surface area contributed by atoms with E-state index in [9.17, 15) is 0 Å². The van der Waals surface area contributed by atoms with Crippen LogP contribution in [0.25, 0.3) is 28.2 Å². The molecule has 0 aliphatic rings. The summed E-state index contributed by atoms with van der Waals surface area (Å²) in [4.78, 5) is 0. The van der Waals surface area contributed by atoms with Gasteiger partial charge in [-0.1, -0.05) is 18.5 Å². The highest BCUT2D eigenvalue weighted by Crippen LogP contribution is 2.36. The third kappa shape index (κ3) is 3.79. The van der Waals surface area contributed by atoms with Gasteiger partial charge >= 0.3 is 0 Å². The number of methoxy groups -OCH3 is 2. The third-order valence-electron chi connectivity index (χ3n) is 5.14. The summed E-state index contributed by atoms with van der Waals surface area (Å²) in [7, 11) is 3.34. The maximum atomic E-state index is 6.12. The summed E-state index contributed by atoms with van der Waals surface area (Å²) in [5.74, 6) is 1.65. The summed E-state index contributed by atoms with van der Waals surface area (Å²) in [5, 5.41) is 5.72. The van der Waals surface area contributed by atoms with Crippen LogP contribution in [0.3, 0.4) is 0 Å². The van der Waals surface area contributed by atoms with Gasteiger partial charge in [0.25, 0.3) is 0 Å². The van der Waals surface area contributed by atoms with Gasteiger partial charge in [0.2, 0.25) is 0 Å². The van der Waals surface area contributed by atoms with Crippen molar-refractivity contribution in [2.75, 3.05) is 14.2 Å². The minimum absolute atomic E-state index is 0.697. The number of aromatic nitrogens is 2. The minimum atomic E-state index is 0.697. The summed E-state index contributed by atoms with van der Waals surface area (Å²) in [5.41, 5.74) is 6.29. The number of ether oxygens (including phenoxy) is 2. The Labute approximate surface area is 181 Å². The summed E-state index contributed by atoms with van der Waals surface area (Å²) in [6, 6.07) is 23.8. The topological polar surface area (TPSA) is 36.3 Å². The van der Waals surface area contributed by atoms with Crippen molar-refractivity contribution >= 4 is 11.6 Å². The van der Waals surface area contributed by atoms with Crippen LogP contribution in [0, 0.1) is 0 Å². The SMILES string of the molecule is CCc1c(-c2ccc(OC)cc2)nn(-c2ccc(Cl)cc2)c1-c1ccc(OC)cc1. The molecule has 4 rings (SSSR count). The first kappa shape index (κ1) is 20.0. The van der Waals surface area contributed by atoms with E-state index in [1.807, 2.05) is 65.3 Å². The van der Waals surface area contributed by atoms with E-state index < -0.39 is 0 Å². The largest absolute Gasteiger partial charge is 0.497 e. The molecule has 0 atom stereocenters. The highest BCUT2D eigenvalue weighted by atomic mass is 35.5. The van der Waals surface area contributed by atoms with Crippen molar-refractivity contribution in [2.45, 2.75) is 13.3 Å². The predicted molar refractivity (Wildman–Crippen MR) is 122 cm³/mol. The normalized spacial score (nSPS) is 10.8. The number of nitrogens with zero attached hydrogens (tertiary/aromatic N) is 2. The maximum absolute atomic E-state index is 6.12. The zero-order valence-corrected chi connectivity index (χ0v) is 18.0. The van der Waals surface area contributed by atoms with Gasteiger partial charge in [0.15, 0.2) is 0 Å². The second-order valence-electron chi connectivity index (χ2n) is 6.87.